The fourth-order valence-corrected chi connectivity index (χ4v) is 2.83. The second-order valence-corrected chi connectivity index (χ2v) is 5.32. The number of rotatable bonds is 3. The van der Waals surface area contributed by atoms with Gasteiger partial charge < -0.3 is 5.32 Å². The summed E-state index contributed by atoms with van der Waals surface area (Å²) < 4.78 is 0. The first kappa shape index (κ1) is 12.6. The molecule has 2 rings (SSSR count). The molecule has 1 heterocycles. The molecule has 2 heteroatoms. The number of hydrogen-bond donors (Lipinski definition) is 1. The van der Waals surface area contributed by atoms with E-state index in [0.717, 1.165) is 12.5 Å². The monoisotopic (exact) mass is 232 g/mol. The Kier molecular flexibility index (Phi) is 4.19. The van der Waals surface area contributed by atoms with Gasteiger partial charge in [0, 0.05) is 19.1 Å². The van der Waals surface area contributed by atoms with Gasteiger partial charge in [-0.2, -0.15) is 0 Å². The summed E-state index contributed by atoms with van der Waals surface area (Å²) in [5.41, 5.74) is 2.89. The highest BCUT2D eigenvalue weighted by Crippen LogP contribution is 2.19. The molecule has 1 aliphatic heterocycles. The maximum Gasteiger partial charge on any atom is 0.0236 e. The average molecular weight is 232 g/mol. The van der Waals surface area contributed by atoms with Crippen molar-refractivity contribution < 1.29 is 0 Å². The number of hydrogen-bond acceptors (Lipinski definition) is 2. The topological polar surface area (TPSA) is 15.3 Å². The van der Waals surface area contributed by atoms with E-state index in [1.165, 1.54) is 30.6 Å². The van der Waals surface area contributed by atoms with Gasteiger partial charge in [0.2, 0.25) is 0 Å². The van der Waals surface area contributed by atoms with Crippen molar-refractivity contribution in [2.45, 2.75) is 32.9 Å². The molecule has 0 spiro atoms. The Morgan fingerprint density at radius 1 is 1.35 bits per heavy atom. The minimum Gasteiger partial charge on any atom is -0.317 e. The fraction of sp³-hybridized carbons (Fsp3) is 0.600. The van der Waals surface area contributed by atoms with Gasteiger partial charge >= 0.3 is 0 Å². The number of benzene rings is 1. The molecule has 0 aromatic heterocycles. The van der Waals surface area contributed by atoms with Crippen LogP contribution in [0.3, 0.4) is 0 Å². The molecule has 1 aromatic carbocycles. The van der Waals surface area contributed by atoms with Crippen LogP contribution in [0.1, 0.15) is 24.5 Å². The summed E-state index contributed by atoms with van der Waals surface area (Å²) in [5, 5.41) is 3.42. The fourth-order valence-electron chi connectivity index (χ4n) is 2.83. The zero-order valence-electron chi connectivity index (χ0n) is 11.2. The van der Waals surface area contributed by atoms with E-state index in [0.29, 0.717) is 6.04 Å². The molecule has 2 nitrogen and oxygen atoms in total. The van der Waals surface area contributed by atoms with E-state index in [1.54, 1.807) is 0 Å². The second kappa shape index (κ2) is 5.65. The van der Waals surface area contributed by atoms with Crippen LogP contribution in [0.25, 0.3) is 0 Å². The van der Waals surface area contributed by atoms with E-state index >= 15 is 0 Å². The highest BCUT2D eigenvalue weighted by molar-refractivity contribution is 5.25. The summed E-state index contributed by atoms with van der Waals surface area (Å²) in [6, 6.07) is 9.42. The van der Waals surface area contributed by atoms with Crippen LogP contribution in [-0.4, -0.2) is 31.1 Å². The number of nitrogens with zero attached hydrogens (tertiary/aromatic N) is 1. The average Bonchev–Trinajstić information content (AvgIpc) is 2.32. The third-order valence-electron chi connectivity index (χ3n) is 4.02. The van der Waals surface area contributed by atoms with Crippen molar-refractivity contribution in [2.24, 2.45) is 5.92 Å². The van der Waals surface area contributed by atoms with Gasteiger partial charge in [-0.3, -0.25) is 4.90 Å². The van der Waals surface area contributed by atoms with Crippen LogP contribution < -0.4 is 5.32 Å². The lowest BCUT2D eigenvalue weighted by molar-refractivity contribution is 0.145. The van der Waals surface area contributed by atoms with Gasteiger partial charge in [-0.25, -0.2) is 0 Å². The number of piperidine rings is 1. The molecule has 0 bridgehead atoms. The standard InChI is InChI=1S/C15H24N2/c1-12-6-4-5-7-14(12)11-17-9-8-15(16-3)13(2)10-17/h4-7,13,15-16H,8-11H2,1-3H3. The Morgan fingerprint density at radius 2 is 2.12 bits per heavy atom. The van der Waals surface area contributed by atoms with Crippen LogP contribution in [0.5, 0.6) is 0 Å². The van der Waals surface area contributed by atoms with Gasteiger partial charge in [0.25, 0.3) is 0 Å². The molecule has 0 radical (unpaired) electrons. The zero-order chi connectivity index (χ0) is 12.3. The van der Waals surface area contributed by atoms with E-state index in [1.807, 2.05) is 0 Å². The molecule has 1 aliphatic rings. The third-order valence-corrected chi connectivity index (χ3v) is 4.02. The van der Waals surface area contributed by atoms with Gasteiger partial charge in [-0.15, -0.1) is 0 Å². The van der Waals surface area contributed by atoms with Gasteiger partial charge in [0.05, 0.1) is 0 Å². The van der Waals surface area contributed by atoms with E-state index in [2.05, 4.69) is 55.4 Å². The highest BCUT2D eigenvalue weighted by Gasteiger charge is 2.24. The summed E-state index contributed by atoms with van der Waals surface area (Å²) in [6.45, 7) is 8.09. The molecule has 1 N–H and O–H groups in total. The maximum absolute atomic E-state index is 3.42. The number of likely N-dealkylation sites (tertiary alicyclic amines) is 1. The number of aryl methyl sites for hydroxylation is 1. The predicted octanol–water partition coefficient (Wildman–Crippen LogP) is 2.42. The summed E-state index contributed by atoms with van der Waals surface area (Å²) in [7, 11) is 2.08. The summed E-state index contributed by atoms with van der Waals surface area (Å²) in [5.74, 6) is 0.748. The molecule has 1 saturated heterocycles. The Hall–Kier alpha value is -0.860. The van der Waals surface area contributed by atoms with E-state index in [4.69, 9.17) is 0 Å². The molecule has 94 valence electrons. The van der Waals surface area contributed by atoms with Crippen LogP contribution in [0.15, 0.2) is 24.3 Å². The number of nitrogens with one attached hydrogen (secondary N) is 1. The smallest absolute Gasteiger partial charge is 0.0236 e. The molecular weight excluding hydrogens is 208 g/mol. The second-order valence-electron chi connectivity index (χ2n) is 5.32. The minimum absolute atomic E-state index is 0.697. The van der Waals surface area contributed by atoms with Crippen LogP contribution in [-0.2, 0) is 6.54 Å². The van der Waals surface area contributed by atoms with Crippen molar-refractivity contribution in [1.29, 1.82) is 0 Å². The largest absolute Gasteiger partial charge is 0.317 e. The van der Waals surface area contributed by atoms with Crippen molar-refractivity contribution in [3.63, 3.8) is 0 Å². The Balaban J connectivity index is 1.95. The molecule has 17 heavy (non-hydrogen) atoms. The molecule has 2 unspecified atom stereocenters. The van der Waals surface area contributed by atoms with Crippen molar-refractivity contribution in [1.82, 2.24) is 10.2 Å². The van der Waals surface area contributed by atoms with Gasteiger partial charge in [0.15, 0.2) is 0 Å². The lowest BCUT2D eigenvalue weighted by atomic mass is 9.93. The minimum atomic E-state index is 0.697. The van der Waals surface area contributed by atoms with Crippen molar-refractivity contribution in [3.8, 4) is 0 Å². The van der Waals surface area contributed by atoms with Gasteiger partial charge in [0.1, 0.15) is 0 Å². The van der Waals surface area contributed by atoms with Crippen molar-refractivity contribution in [3.05, 3.63) is 35.4 Å². The molecule has 2 atom stereocenters. The van der Waals surface area contributed by atoms with Gasteiger partial charge in [-0.05, 0) is 44.0 Å². The predicted molar refractivity (Wildman–Crippen MR) is 73.1 cm³/mol. The third kappa shape index (κ3) is 3.08. The summed E-state index contributed by atoms with van der Waals surface area (Å²) in [6.07, 6.45) is 1.27. The summed E-state index contributed by atoms with van der Waals surface area (Å²) in [4.78, 5) is 2.58. The molecule has 1 fully saturated rings. The maximum atomic E-state index is 3.42. The van der Waals surface area contributed by atoms with Crippen LogP contribution in [0, 0.1) is 12.8 Å². The summed E-state index contributed by atoms with van der Waals surface area (Å²) >= 11 is 0. The first-order valence-electron chi connectivity index (χ1n) is 6.65. The molecule has 0 saturated carbocycles. The quantitative estimate of drug-likeness (QED) is 0.861. The first-order chi connectivity index (χ1) is 8.20. The lowest BCUT2D eigenvalue weighted by Gasteiger charge is -2.37. The molecule has 0 amide bonds. The highest BCUT2D eigenvalue weighted by atomic mass is 15.1. The van der Waals surface area contributed by atoms with Crippen molar-refractivity contribution in [2.75, 3.05) is 20.1 Å². The molecular formula is C15H24N2. The van der Waals surface area contributed by atoms with E-state index < -0.39 is 0 Å². The molecule has 1 aromatic rings. The normalized spacial score (nSPS) is 26.1. The van der Waals surface area contributed by atoms with Crippen molar-refractivity contribution >= 4 is 0 Å². The zero-order valence-corrected chi connectivity index (χ0v) is 11.2. The van der Waals surface area contributed by atoms with Crippen LogP contribution in [0.4, 0.5) is 0 Å². The Morgan fingerprint density at radius 3 is 2.76 bits per heavy atom. The van der Waals surface area contributed by atoms with Crippen LogP contribution >= 0.6 is 0 Å². The first-order valence-corrected chi connectivity index (χ1v) is 6.65. The van der Waals surface area contributed by atoms with E-state index in [-0.39, 0.29) is 0 Å². The SMILES string of the molecule is CNC1CCN(Cc2ccccc2C)CC1C. The lowest BCUT2D eigenvalue weighted by Crippen LogP contribution is -2.46. The Bertz CT molecular complexity index is 362. The van der Waals surface area contributed by atoms with Crippen LogP contribution in [0.2, 0.25) is 0 Å². The van der Waals surface area contributed by atoms with Gasteiger partial charge in [-0.1, -0.05) is 31.2 Å². The Labute approximate surface area is 105 Å². The van der Waals surface area contributed by atoms with E-state index in [9.17, 15) is 0 Å². The molecule has 0 aliphatic carbocycles.